The van der Waals surface area contributed by atoms with Gasteiger partial charge in [0.2, 0.25) is 0 Å². The van der Waals surface area contributed by atoms with Crippen LogP contribution in [0.1, 0.15) is 46.0 Å². The summed E-state index contributed by atoms with van der Waals surface area (Å²) >= 11 is 5.76. The molecule has 1 atom stereocenters. The highest BCUT2D eigenvalue weighted by atomic mass is 32.1. The molecule has 1 saturated carbocycles. The summed E-state index contributed by atoms with van der Waals surface area (Å²) in [6, 6.07) is 0.794. The highest BCUT2D eigenvalue weighted by molar-refractivity contribution is 7.80. The summed E-state index contributed by atoms with van der Waals surface area (Å²) in [5.41, 5.74) is -0.0328. The van der Waals surface area contributed by atoms with Crippen LogP contribution < -0.4 is 0 Å². The molecule has 0 spiro atoms. The predicted octanol–water partition coefficient (Wildman–Crippen LogP) is 2.72. The van der Waals surface area contributed by atoms with Crippen LogP contribution in [0.5, 0.6) is 0 Å². The molecule has 0 unspecified atom stereocenters. The summed E-state index contributed by atoms with van der Waals surface area (Å²) < 4.78 is 5.54. The van der Waals surface area contributed by atoms with E-state index in [1.807, 2.05) is 0 Å². The predicted molar refractivity (Wildman–Crippen MR) is 94.6 cm³/mol. The van der Waals surface area contributed by atoms with Crippen molar-refractivity contribution < 1.29 is 4.74 Å². The van der Waals surface area contributed by atoms with Crippen molar-refractivity contribution in [2.24, 2.45) is 10.4 Å². The van der Waals surface area contributed by atoms with Gasteiger partial charge in [0.05, 0.1) is 30.3 Å². The van der Waals surface area contributed by atoms with Crippen LogP contribution in [-0.4, -0.2) is 66.1 Å². The molecule has 2 aliphatic heterocycles. The molecule has 3 aliphatic rings. The summed E-state index contributed by atoms with van der Waals surface area (Å²) in [5, 5.41) is 0. The average molecular weight is 324 g/mol. The zero-order valence-corrected chi connectivity index (χ0v) is 15.0. The van der Waals surface area contributed by atoms with Crippen molar-refractivity contribution in [1.29, 1.82) is 0 Å². The third-order valence-corrected chi connectivity index (χ3v) is 6.23. The number of hydrogen-bond donors (Lipinski definition) is 0. The Kier molecular flexibility index (Phi) is 4.86. The second kappa shape index (κ2) is 6.54. The third kappa shape index (κ3) is 2.95. The zero-order valence-electron chi connectivity index (χ0n) is 14.2. The summed E-state index contributed by atoms with van der Waals surface area (Å²) in [4.78, 5) is 10.9. The van der Waals surface area contributed by atoms with E-state index in [4.69, 9.17) is 21.9 Å². The van der Waals surface area contributed by atoms with E-state index in [1.54, 1.807) is 0 Å². The maximum Gasteiger partial charge on any atom is 0.122 e. The number of likely N-dealkylation sites (N-methyl/N-ethyl adjacent to an activating group) is 1. The number of aliphatic imine (C=N–C) groups is 1. The van der Waals surface area contributed by atoms with Gasteiger partial charge in [-0.3, -0.25) is 9.89 Å². The molecule has 4 nitrogen and oxygen atoms in total. The molecule has 0 aromatic rings. The zero-order chi connectivity index (χ0) is 15.7. The maximum atomic E-state index is 5.76. The van der Waals surface area contributed by atoms with Gasteiger partial charge in [0.1, 0.15) is 5.84 Å². The van der Waals surface area contributed by atoms with Crippen molar-refractivity contribution in [3.63, 3.8) is 0 Å². The lowest BCUT2D eigenvalue weighted by Gasteiger charge is -2.38. The molecule has 0 aromatic heterocycles. The van der Waals surface area contributed by atoms with Crippen molar-refractivity contribution in [3.05, 3.63) is 0 Å². The number of ether oxygens (including phenoxy) is 1. The van der Waals surface area contributed by atoms with Gasteiger partial charge < -0.3 is 9.64 Å². The lowest BCUT2D eigenvalue weighted by molar-refractivity contribution is 0.0171. The molecule has 0 amide bonds. The molecule has 2 saturated heterocycles. The monoisotopic (exact) mass is 323 g/mol. The van der Waals surface area contributed by atoms with Crippen molar-refractivity contribution in [2.75, 3.05) is 33.4 Å². The van der Waals surface area contributed by atoms with Gasteiger partial charge in [0.15, 0.2) is 0 Å². The summed E-state index contributed by atoms with van der Waals surface area (Å²) in [6.07, 6.45) is 6.48. The quantitative estimate of drug-likeness (QED) is 0.731. The molecule has 0 aromatic carbocycles. The molecule has 22 heavy (non-hydrogen) atoms. The molecular formula is C17H29N3OS. The molecule has 0 bridgehead atoms. The topological polar surface area (TPSA) is 28.1 Å². The minimum atomic E-state index is -0.0328. The number of morpholine rings is 1. The van der Waals surface area contributed by atoms with Crippen molar-refractivity contribution in [1.82, 2.24) is 9.80 Å². The number of likely N-dealkylation sites (tertiary alicyclic amines) is 1. The number of rotatable bonds is 2. The first-order valence-electron chi connectivity index (χ1n) is 8.69. The van der Waals surface area contributed by atoms with Crippen LogP contribution in [0, 0.1) is 5.41 Å². The average Bonchev–Trinajstić information content (AvgIpc) is 2.70. The summed E-state index contributed by atoms with van der Waals surface area (Å²) in [5.74, 6) is 1.20. The number of thiocarbonyl (C=S) groups is 1. The number of nitrogens with zero attached hydrogens (tertiary/aromatic N) is 3. The highest BCUT2D eigenvalue weighted by Crippen LogP contribution is 2.38. The number of amidine groups is 1. The molecule has 2 heterocycles. The Labute approximate surface area is 139 Å². The molecule has 3 rings (SSSR count). The third-order valence-electron chi connectivity index (χ3n) is 5.43. The van der Waals surface area contributed by atoms with Gasteiger partial charge in [-0.05, 0) is 12.8 Å². The first-order chi connectivity index (χ1) is 10.5. The molecule has 0 radical (unpaired) electrons. The maximum absolute atomic E-state index is 5.76. The normalized spacial score (nSPS) is 32.9. The molecule has 1 aliphatic carbocycles. The van der Waals surface area contributed by atoms with Gasteiger partial charge in [-0.1, -0.05) is 45.3 Å². The van der Waals surface area contributed by atoms with Crippen LogP contribution >= 0.6 is 12.2 Å². The van der Waals surface area contributed by atoms with Gasteiger partial charge in [-0.25, -0.2) is 0 Å². The first kappa shape index (κ1) is 16.3. The van der Waals surface area contributed by atoms with E-state index in [2.05, 4.69) is 30.7 Å². The van der Waals surface area contributed by atoms with Crippen LogP contribution in [0.3, 0.4) is 0 Å². The smallest absolute Gasteiger partial charge is 0.122 e. The van der Waals surface area contributed by atoms with E-state index >= 15 is 0 Å². The Morgan fingerprint density at radius 1 is 1.14 bits per heavy atom. The van der Waals surface area contributed by atoms with E-state index in [0.29, 0.717) is 12.1 Å². The second-order valence-electron chi connectivity index (χ2n) is 7.42. The fourth-order valence-electron chi connectivity index (χ4n) is 4.17. The molecule has 5 heteroatoms. The second-order valence-corrected chi connectivity index (χ2v) is 7.80. The standard InChI is InChI=1S/C17H29N3OS/c1-17(2)14(20-9-11-21-12-10-20)15(19(3)16(17)22)18-13-7-5-4-6-8-13/h13-14H,4-12H2,1-3H3/t14-/m0/s1. The lowest BCUT2D eigenvalue weighted by Crippen LogP contribution is -2.52. The van der Waals surface area contributed by atoms with Crippen LogP contribution in [0.25, 0.3) is 0 Å². The van der Waals surface area contributed by atoms with E-state index in [1.165, 1.54) is 37.9 Å². The van der Waals surface area contributed by atoms with Crippen LogP contribution in [0.15, 0.2) is 4.99 Å². The van der Waals surface area contributed by atoms with Crippen LogP contribution in [-0.2, 0) is 4.74 Å². The Balaban J connectivity index is 1.89. The Morgan fingerprint density at radius 3 is 2.41 bits per heavy atom. The molecule has 124 valence electrons. The lowest BCUT2D eigenvalue weighted by atomic mass is 9.85. The van der Waals surface area contributed by atoms with Crippen molar-refractivity contribution >= 4 is 23.0 Å². The molecular weight excluding hydrogens is 294 g/mol. The van der Waals surface area contributed by atoms with Crippen molar-refractivity contribution in [2.45, 2.75) is 58.0 Å². The van der Waals surface area contributed by atoms with Crippen LogP contribution in [0.4, 0.5) is 0 Å². The van der Waals surface area contributed by atoms with Crippen LogP contribution in [0.2, 0.25) is 0 Å². The largest absolute Gasteiger partial charge is 0.379 e. The summed E-state index contributed by atoms with van der Waals surface area (Å²) in [7, 11) is 2.10. The number of hydrogen-bond acceptors (Lipinski definition) is 4. The Morgan fingerprint density at radius 2 is 1.77 bits per heavy atom. The fraction of sp³-hybridized carbons (Fsp3) is 0.882. The fourth-order valence-corrected chi connectivity index (χ4v) is 4.37. The minimum absolute atomic E-state index is 0.0328. The van der Waals surface area contributed by atoms with Crippen molar-refractivity contribution in [3.8, 4) is 0 Å². The molecule has 3 fully saturated rings. The minimum Gasteiger partial charge on any atom is -0.379 e. The molecule has 0 N–H and O–H groups in total. The highest BCUT2D eigenvalue weighted by Gasteiger charge is 2.50. The van der Waals surface area contributed by atoms with Gasteiger partial charge >= 0.3 is 0 Å². The first-order valence-corrected chi connectivity index (χ1v) is 9.10. The van der Waals surface area contributed by atoms with Gasteiger partial charge in [0, 0.05) is 25.6 Å². The van der Waals surface area contributed by atoms with E-state index in [0.717, 1.165) is 31.3 Å². The van der Waals surface area contributed by atoms with Gasteiger partial charge in [-0.2, -0.15) is 0 Å². The van der Waals surface area contributed by atoms with E-state index < -0.39 is 0 Å². The summed E-state index contributed by atoms with van der Waals surface area (Å²) in [6.45, 7) is 8.15. The SMILES string of the molecule is CN1C(=S)C(C)(C)[C@@H](N2CCOCC2)C1=NC1CCCCC1. The van der Waals surface area contributed by atoms with Gasteiger partial charge in [-0.15, -0.1) is 0 Å². The van der Waals surface area contributed by atoms with E-state index in [-0.39, 0.29) is 5.41 Å². The Bertz CT molecular complexity index is 451. The Hall–Kier alpha value is -0.520. The van der Waals surface area contributed by atoms with E-state index in [9.17, 15) is 0 Å². The van der Waals surface area contributed by atoms with Gasteiger partial charge in [0.25, 0.3) is 0 Å².